The van der Waals surface area contributed by atoms with Gasteiger partial charge in [0.25, 0.3) is 0 Å². The fraction of sp³-hybridized carbons (Fsp3) is 0.727. The number of hydrogen-bond donors (Lipinski definition) is 0. The maximum atomic E-state index is 11.5. The van der Waals surface area contributed by atoms with Gasteiger partial charge in [0.05, 0.1) is 6.42 Å². The summed E-state index contributed by atoms with van der Waals surface area (Å²) >= 11 is 0. The first-order chi connectivity index (χ1) is 5.55. The predicted molar refractivity (Wildman–Crippen MR) is 53.2 cm³/mol. The van der Waals surface area contributed by atoms with Crippen molar-refractivity contribution in [1.29, 1.82) is 0 Å². The van der Waals surface area contributed by atoms with E-state index >= 15 is 0 Å². The van der Waals surface area contributed by atoms with Crippen LogP contribution < -0.4 is 0 Å². The molecule has 0 saturated heterocycles. The van der Waals surface area contributed by atoms with Crippen LogP contribution in [0.2, 0.25) is 0 Å². The van der Waals surface area contributed by atoms with Gasteiger partial charge in [-0.15, -0.1) is 5.41 Å². The monoisotopic (exact) mass is 285 g/mol. The van der Waals surface area contributed by atoms with Crippen molar-refractivity contribution in [2.75, 3.05) is 0 Å². The molecule has 2 nitrogen and oxygen atoms in total. The Morgan fingerprint density at radius 1 is 1.00 bits per heavy atom. The molecular formula is C11H19O2Ru+2. The molecule has 0 aromatic rings. The molecule has 0 spiro atoms. The van der Waals surface area contributed by atoms with E-state index in [4.69, 9.17) is 0 Å². The van der Waals surface area contributed by atoms with Crippen molar-refractivity contribution >= 4 is 11.6 Å². The Bertz CT molecular complexity index is 194. The number of hydrogen-bond acceptors (Lipinski definition) is 2. The van der Waals surface area contributed by atoms with Gasteiger partial charge in [0.2, 0.25) is 0 Å². The van der Waals surface area contributed by atoms with Crippen molar-refractivity contribution in [3.63, 3.8) is 0 Å². The summed E-state index contributed by atoms with van der Waals surface area (Å²) in [5.74, 6) is -0.110. The molecule has 0 aromatic heterocycles. The van der Waals surface area contributed by atoms with E-state index in [2.05, 4.69) is 6.92 Å². The van der Waals surface area contributed by atoms with Crippen LogP contribution in [0.4, 0.5) is 0 Å². The van der Waals surface area contributed by atoms with Crippen LogP contribution in [0.1, 0.15) is 41.0 Å². The van der Waals surface area contributed by atoms with E-state index in [1.807, 2.05) is 20.8 Å². The van der Waals surface area contributed by atoms with E-state index < -0.39 is 10.8 Å². The number of Topliss-reactive ketones (excluding diaryl/α,β-unsaturated/α-hetero) is 2. The maximum absolute atomic E-state index is 11.5. The third-order valence-corrected chi connectivity index (χ3v) is 1.91. The van der Waals surface area contributed by atoms with Gasteiger partial charge in [-0.3, -0.25) is 4.79 Å². The van der Waals surface area contributed by atoms with Gasteiger partial charge in [0.1, 0.15) is 11.6 Å². The van der Waals surface area contributed by atoms with Crippen LogP contribution in [0.5, 0.6) is 0 Å². The van der Waals surface area contributed by atoms with Gasteiger partial charge in [0, 0.05) is 5.41 Å². The Labute approximate surface area is 99.6 Å². The SMILES string of the molecule is [CH2-]C(C)(C)C(=O)CC(=O)C(C)(C)C.[Ru+3]. The van der Waals surface area contributed by atoms with Crippen LogP contribution in [-0.4, -0.2) is 11.6 Å². The van der Waals surface area contributed by atoms with Crippen LogP contribution in [0, 0.1) is 17.8 Å². The zero-order valence-electron chi connectivity index (χ0n) is 9.58. The normalized spacial score (nSPS) is 11.9. The smallest absolute Gasteiger partial charge is 0.331 e. The third kappa shape index (κ3) is 5.64. The Hall–Kier alpha value is -0.0366. The summed E-state index contributed by atoms with van der Waals surface area (Å²) in [5, 5.41) is 0. The molecule has 0 aliphatic rings. The topological polar surface area (TPSA) is 34.1 Å². The summed E-state index contributed by atoms with van der Waals surface area (Å²) in [5.41, 5.74) is -1.08. The molecular weight excluding hydrogens is 265 g/mol. The third-order valence-electron chi connectivity index (χ3n) is 1.91. The van der Waals surface area contributed by atoms with E-state index in [1.54, 1.807) is 13.8 Å². The molecule has 0 N–H and O–H groups in total. The van der Waals surface area contributed by atoms with Gasteiger partial charge in [-0.2, -0.15) is 0 Å². The van der Waals surface area contributed by atoms with Gasteiger partial charge in [-0.05, 0) is 0 Å². The Morgan fingerprint density at radius 2 is 1.36 bits per heavy atom. The molecule has 0 fully saturated rings. The number of carbonyl (C=O) groups excluding carboxylic acids is 2. The molecule has 0 saturated carbocycles. The van der Waals surface area contributed by atoms with Crippen molar-refractivity contribution in [2.45, 2.75) is 41.0 Å². The molecule has 0 atom stereocenters. The molecule has 14 heavy (non-hydrogen) atoms. The van der Waals surface area contributed by atoms with E-state index in [0.29, 0.717) is 0 Å². The largest absolute Gasteiger partial charge is 3.00 e. The van der Waals surface area contributed by atoms with E-state index in [0.717, 1.165) is 0 Å². The first-order valence-electron chi connectivity index (χ1n) is 4.47. The van der Waals surface area contributed by atoms with E-state index in [9.17, 15) is 9.59 Å². The van der Waals surface area contributed by atoms with Crippen LogP contribution in [0.25, 0.3) is 0 Å². The fourth-order valence-corrected chi connectivity index (χ4v) is 0.650. The molecule has 0 aliphatic heterocycles. The number of carbonyl (C=O) groups is 2. The van der Waals surface area contributed by atoms with Crippen LogP contribution in [0.15, 0.2) is 0 Å². The summed E-state index contributed by atoms with van der Waals surface area (Å²) in [6, 6.07) is 0. The average Bonchev–Trinajstić information content (AvgIpc) is 1.82. The second-order valence-corrected chi connectivity index (χ2v) is 5.16. The fourth-order valence-electron chi connectivity index (χ4n) is 0.650. The van der Waals surface area contributed by atoms with Gasteiger partial charge in [-0.1, -0.05) is 34.6 Å². The zero-order chi connectivity index (χ0) is 10.9. The van der Waals surface area contributed by atoms with Gasteiger partial charge >= 0.3 is 19.5 Å². The molecule has 0 amide bonds. The minimum absolute atomic E-state index is 0. The predicted octanol–water partition coefficient (Wildman–Crippen LogP) is 2.42. The van der Waals surface area contributed by atoms with Crippen LogP contribution in [-0.2, 0) is 29.1 Å². The molecule has 0 aromatic carbocycles. The van der Waals surface area contributed by atoms with Crippen molar-refractivity contribution < 1.29 is 29.1 Å². The minimum Gasteiger partial charge on any atom is -0.331 e. The first kappa shape index (κ1) is 16.4. The van der Waals surface area contributed by atoms with Crippen LogP contribution >= 0.6 is 0 Å². The van der Waals surface area contributed by atoms with Crippen molar-refractivity contribution in [3.05, 3.63) is 6.92 Å². The van der Waals surface area contributed by atoms with Crippen molar-refractivity contribution in [2.24, 2.45) is 10.8 Å². The van der Waals surface area contributed by atoms with Gasteiger partial charge < -0.3 is 11.7 Å². The second kappa shape index (κ2) is 5.16. The van der Waals surface area contributed by atoms with Crippen molar-refractivity contribution in [3.8, 4) is 0 Å². The molecule has 0 rings (SSSR count). The standard InChI is InChI=1S/C11H19O2.Ru/c1-10(2,3)8(12)7-9(13)11(4,5)6;/h1,7H2,2-6H3;/q-1;+3. The average molecular weight is 284 g/mol. The Balaban J connectivity index is 0. The Morgan fingerprint density at radius 3 is 1.57 bits per heavy atom. The second-order valence-electron chi connectivity index (χ2n) is 5.16. The van der Waals surface area contributed by atoms with Crippen LogP contribution in [0.3, 0.4) is 0 Å². The number of ketones is 2. The van der Waals surface area contributed by atoms with E-state index in [-0.39, 0.29) is 37.5 Å². The van der Waals surface area contributed by atoms with Crippen molar-refractivity contribution in [1.82, 2.24) is 0 Å². The molecule has 3 heteroatoms. The first-order valence-corrected chi connectivity index (χ1v) is 4.47. The maximum Gasteiger partial charge on any atom is 3.00 e. The van der Waals surface area contributed by atoms with E-state index in [1.165, 1.54) is 0 Å². The molecule has 0 heterocycles. The molecule has 0 bridgehead atoms. The summed E-state index contributed by atoms with van der Waals surface area (Å²) in [7, 11) is 0. The van der Waals surface area contributed by atoms with Gasteiger partial charge in [0.15, 0.2) is 0 Å². The summed E-state index contributed by atoms with van der Waals surface area (Å²) < 4.78 is 0. The molecule has 0 aliphatic carbocycles. The zero-order valence-corrected chi connectivity index (χ0v) is 11.3. The molecule has 0 unspecified atom stereocenters. The molecule has 81 valence electrons. The summed E-state index contributed by atoms with van der Waals surface area (Å²) in [6.45, 7) is 12.6. The quantitative estimate of drug-likeness (QED) is 0.453. The summed E-state index contributed by atoms with van der Waals surface area (Å²) in [4.78, 5) is 22.9. The minimum atomic E-state index is -0.652. The summed E-state index contributed by atoms with van der Waals surface area (Å²) in [6.07, 6.45) is -0.000000000000000222. The van der Waals surface area contributed by atoms with Gasteiger partial charge in [-0.25, -0.2) is 0 Å². The molecule has 1 radical (unpaired) electrons. The number of rotatable bonds is 3. The Kier molecular flexibility index (Phi) is 6.04.